The summed E-state index contributed by atoms with van der Waals surface area (Å²) in [6.45, 7) is 2.19. The van der Waals surface area contributed by atoms with Gasteiger partial charge in [0.25, 0.3) is 0 Å². The lowest BCUT2D eigenvalue weighted by molar-refractivity contribution is -0.118. The van der Waals surface area contributed by atoms with Gasteiger partial charge in [0.2, 0.25) is 5.91 Å². The Labute approximate surface area is 134 Å². The van der Waals surface area contributed by atoms with Gasteiger partial charge in [-0.3, -0.25) is 4.79 Å². The van der Waals surface area contributed by atoms with Crippen molar-refractivity contribution in [3.8, 4) is 5.75 Å². The second-order valence-corrected chi connectivity index (χ2v) is 5.78. The Kier molecular flexibility index (Phi) is 7.19. The van der Waals surface area contributed by atoms with Crippen LogP contribution in [-0.2, 0) is 15.8 Å². The first kappa shape index (κ1) is 19.1. The Balaban J connectivity index is 0.000000463. The molecule has 0 spiro atoms. The largest absolute Gasteiger partial charge is 0.497 e. The Bertz CT molecular complexity index is 704. The number of rotatable bonds is 4. The van der Waals surface area contributed by atoms with Crippen molar-refractivity contribution in [2.45, 2.75) is 13.3 Å². The summed E-state index contributed by atoms with van der Waals surface area (Å²) in [6, 6.07) is 12.3. The number of benzene rings is 2. The summed E-state index contributed by atoms with van der Waals surface area (Å²) in [5.41, 5.74) is 1.22. The average molecular weight is 341 g/mol. The van der Waals surface area contributed by atoms with E-state index in [1.165, 1.54) is 23.3 Å². The third-order valence-electron chi connectivity index (χ3n) is 2.95. The van der Waals surface area contributed by atoms with Gasteiger partial charge in [0, 0.05) is 13.5 Å². The van der Waals surface area contributed by atoms with Crippen LogP contribution in [0.2, 0.25) is 0 Å². The number of nitrogens with one attached hydrogen (secondary N) is 1. The zero-order valence-corrected chi connectivity index (χ0v) is 13.8. The molecule has 0 saturated carbocycles. The van der Waals surface area contributed by atoms with Gasteiger partial charge in [0.05, 0.1) is 7.11 Å². The van der Waals surface area contributed by atoms with E-state index in [2.05, 4.69) is 23.5 Å². The lowest BCUT2D eigenvalue weighted by Crippen LogP contribution is -2.22. The summed E-state index contributed by atoms with van der Waals surface area (Å²) in [6.07, 6.45) is 0.823. The van der Waals surface area contributed by atoms with Gasteiger partial charge in [-0.2, -0.15) is 0 Å². The number of carbonyl (C=O) groups excluding carboxylic acids is 1. The van der Waals surface area contributed by atoms with Gasteiger partial charge in [-0.1, -0.05) is 24.3 Å². The number of ether oxygens (including phenoxy) is 1. The highest BCUT2D eigenvalue weighted by Gasteiger charge is 2.03. The van der Waals surface area contributed by atoms with E-state index in [0.717, 1.165) is 12.2 Å². The molecule has 2 aromatic carbocycles. The van der Waals surface area contributed by atoms with E-state index in [1.54, 1.807) is 7.11 Å². The molecule has 0 aliphatic heterocycles. The molecule has 0 fully saturated rings. The molecule has 0 bridgehead atoms. The molecule has 0 heterocycles. The fraction of sp³-hybridized carbons (Fsp3) is 0.267. The van der Waals surface area contributed by atoms with Crippen LogP contribution in [0.4, 0.5) is 0 Å². The van der Waals surface area contributed by atoms with Crippen molar-refractivity contribution in [3.63, 3.8) is 0 Å². The first-order valence-corrected chi connectivity index (χ1v) is 8.35. The molecule has 0 aliphatic rings. The van der Waals surface area contributed by atoms with Crippen LogP contribution < -0.4 is 10.1 Å². The molecule has 0 radical (unpaired) electrons. The molecule has 126 valence electrons. The third-order valence-corrected chi connectivity index (χ3v) is 2.95. The maximum atomic E-state index is 10.9. The van der Waals surface area contributed by atoms with Crippen LogP contribution in [-0.4, -0.2) is 34.2 Å². The van der Waals surface area contributed by atoms with E-state index in [9.17, 15) is 4.79 Å². The molecule has 0 atom stereocenters. The maximum Gasteiger partial charge on any atom is 0.466 e. The van der Waals surface area contributed by atoms with Gasteiger partial charge in [-0.25, -0.2) is 4.57 Å². The Hall–Kier alpha value is -1.92. The summed E-state index contributed by atoms with van der Waals surface area (Å²) in [7, 11) is -2.97. The van der Waals surface area contributed by atoms with E-state index in [0.29, 0.717) is 6.54 Å². The van der Waals surface area contributed by atoms with E-state index in [4.69, 9.17) is 24.0 Å². The quantitative estimate of drug-likeness (QED) is 0.628. The van der Waals surface area contributed by atoms with Crippen molar-refractivity contribution in [1.82, 2.24) is 5.32 Å². The van der Waals surface area contributed by atoms with Crippen molar-refractivity contribution in [1.29, 1.82) is 0 Å². The highest BCUT2D eigenvalue weighted by atomic mass is 31.2. The van der Waals surface area contributed by atoms with E-state index in [-0.39, 0.29) is 5.91 Å². The van der Waals surface area contributed by atoms with Crippen LogP contribution in [0.15, 0.2) is 36.4 Å². The number of phosphoric acid groups is 1. The average Bonchev–Trinajstić information content (AvgIpc) is 2.45. The summed E-state index contributed by atoms with van der Waals surface area (Å²) in [5, 5.41) is 5.19. The molecule has 0 unspecified atom stereocenters. The minimum Gasteiger partial charge on any atom is -0.497 e. The highest BCUT2D eigenvalue weighted by molar-refractivity contribution is 7.45. The molecule has 1 amide bonds. The first-order chi connectivity index (χ1) is 10.7. The first-order valence-electron chi connectivity index (χ1n) is 6.79. The van der Waals surface area contributed by atoms with E-state index < -0.39 is 7.82 Å². The standard InChI is InChI=1S/C15H17NO2.H3O4P/c1-11(17)16-9-8-13-5-3-4-12-6-7-14(18-2)10-15(12)13;1-5(2,3)4/h3-7,10H,8-9H2,1-2H3,(H,16,17);(H3,1,2,3,4). The topological polar surface area (TPSA) is 116 Å². The smallest absolute Gasteiger partial charge is 0.466 e. The molecule has 0 saturated heterocycles. The molecule has 2 aromatic rings. The minimum absolute atomic E-state index is 0.00724. The molecule has 0 aromatic heterocycles. The van der Waals surface area contributed by atoms with Crippen LogP contribution in [0, 0.1) is 0 Å². The molecule has 4 N–H and O–H groups in total. The molecule has 2 rings (SSSR count). The molecular weight excluding hydrogens is 321 g/mol. The van der Waals surface area contributed by atoms with Crippen molar-refractivity contribution in [2.24, 2.45) is 0 Å². The SMILES string of the molecule is COc1ccc2cccc(CCNC(C)=O)c2c1.O=P(O)(O)O. The van der Waals surface area contributed by atoms with Gasteiger partial charge in [-0.05, 0) is 34.9 Å². The normalized spacial score (nSPS) is 10.7. The predicted octanol–water partition coefficient (Wildman–Crippen LogP) is 1.60. The summed E-state index contributed by atoms with van der Waals surface area (Å²) in [5.74, 6) is 0.863. The van der Waals surface area contributed by atoms with Crippen molar-refractivity contribution in [2.75, 3.05) is 13.7 Å². The predicted molar refractivity (Wildman–Crippen MR) is 87.2 cm³/mol. The number of hydrogen-bond donors (Lipinski definition) is 4. The Morgan fingerprint density at radius 2 is 1.87 bits per heavy atom. The van der Waals surface area contributed by atoms with Crippen LogP contribution >= 0.6 is 7.82 Å². The highest BCUT2D eigenvalue weighted by Crippen LogP contribution is 2.26. The van der Waals surface area contributed by atoms with Gasteiger partial charge < -0.3 is 24.7 Å². The molecule has 8 heteroatoms. The van der Waals surface area contributed by atoms with Crippen LogP contribution in [0.3, 0.4) is 0 Å². The van der Waals surface area contributed by atoms with Crippen molar-refractivity contribution >= 4 is 24.5 Å². The fourth-order valence-electron chi connectivity index (χ4n) is 2.03. The molecule has 7 nitrogen and oxygen atoms in total. The van der Waals surface area contributed by atoms with E-state index >= 15 is 0 Å². The monoisotopic (exact) mass is 341 g/mol. The van der Waals surface area contributed by atoms with Crippen LogP contribution in [0.25, 0.3) is 10.8 Å². The second kappa shape index (κ2) is 8.64. The summed E-state index contributed by atoms with van der Waals surface area (Å²) >= 11 is 0. The number of hydrogen-bond acceptors (Lipinski definition) is 3. The molecule has 23 heavy (non-hydrogen) atoms. The van der Waals surface area contributed by atoms with Crippen molar-refractivity contribution < 1.29 is 28.8 Å². The van der Waals surface area contributed by atoms with Gasteiger partial charge >= 0.3 is 7.82 Å². The third kappa shape index (κ3) is 7.76. The summed E-state index contributed by atoms with van der Waals surface area (Å²) in [4.78, 5) is 32.4. The van der Waals surface area contributed by atoms with Gasteiger partial charge in [0.15, 0.2) is 0 Å². The van der Waals surface area contributed by atoms with Gasteiger partial charge in [0.1, 0.15) is 5.75 Å². The zero-order valence-electron chi connectivity index (χ0n) is 12.9. The fourth-order valence-corrected chi connectivity index (χ4v) is 2.03. The van der Waals surface area contributed by atoms with E-state index in [1.807, 2.05) is 18.2 Å². The number of carbonyl (C=O) groups is 1. The zero-order chi connectivity index (χ0) is 17.5. The Morgan fingerprint density at radius 3 is 2.43 bits per heavy atom. The molecular formula is C15H20NO6P. The maximum absolute atomic E-state index is 10.9. The second-order valence-electron chi connectivity index (χ2n) is 4.75. The minimum atomic E-state index is -4.64. The summed E-state index contributed by atoms with van der Waals surface area (Å²) < 4.78 is 14.1. The van der Waals surface area contributed by atoms with Crippen LogP contribution in [0.5, 0.6) is 5.75 Å². The number of amides is 1. The van der Waals surface area contributed by atoms with Gasteiger partial charge in [-0.15, -0.1) is 0 Å². The van der Waals surface area contributed by atoms with Crippen LogP contribution in [0.1, 0.15) is 12.5 Å². The lowest BCUT2D eigenvalue weighted by atomic mass is 10.0. The Morgan fingerprint density at radius 1 is 1.22 bits per heavy atom. The number of fused-ring (bicyclic) bond motifs is 1. The molecule has 0 aliphatic carbocycles. The number of methoxy groups -OCH3 is 1. The van der Waals surface area contributed by atoms with Crippen molar-refractivity contribution in [3.05, 3.63) is 42.0 Å². The lowest BCUT2D eigenvalue weighted by Gasteiger charge is -2.08.